The van der Waals surface area contributed by atoms with E-state index in [9.17, 15) is 18.8 Å². The molecular weight excluding hydrogens is 335 g/mol. The average Bonchev–Trinajstić information content (AvgIpc) is 2.79. The summed E-state index contributed by atoms with van der Waals surface area (Å²) in [7, 11) is 0. The molecule has 0 spiro atoms. The molecule has 0 aromatic heterocycles. The zero-order chi connectivity index (χ0) is 18.3. The summed E-state index contributed by atoms with van der Waals surface area (Å²) in [6, 6.07) is 2.22. The van der Waals surface area contributed by atoms with E-state index in [2.05, 4.69) is 5.32 Å². The van der Waals surface area contributed by atoms with Crippen LogP contribution >= 0.6 is 0 Å². The standard InChI is InChI=1S/C20H23FN2O3/c21-13-9-14(12-5-3-1-2-4-6-12)16-11-23(20(26)15(16)10-13)17-7-8-18(24)22-19(17)25/h9-10,12,17H,1-8,11H2,(H,22,24,25). The molecule has 1 saturated carbocycles. The third-order valence-electron chi connectivity index (χ3n) is 5.95. The molecule has 2 aliphatic heterocycles. The van der Waals surface area contributed by atoms with E-state index in [1.165, 1.54) is 23.8 Å². The van der Waals surface area contributed by atoms with Gasteiger partial charge in [0.1, 0.15) is 11.9 Å². The number of nitrogens with zero attached hydrogens (tertiary/aromatic N) is 1. The maximum Gasteiger partial charge on any atom is 0.255 e. The van der Waals surface area contributed by atoms with Crippen LogP contribution in [0.2, 0.25) is 0 Å². The van der Waals surface area contributed by atoms with Gasteiger partial charge in [0.15, 0.2) is 0 Å². The quantitative estimate of drug-likeness (QED) is 0.653. The van der Waals surface area contributed by atoms with Gasteiger partial charge in [-0.2, -0.15) is 0 Å². The Morgan fingerprint density at radius 2 is 1.73 bits per heavy atom. The molecule has 1 aliphatic carbocycles. The zero-order valence-corrected chi connectivity index (χ0v) is 14.7. The molecule has 0 radical (unpaired) electrons. The number of imide groups is 1. The lowest BCUT2D eigenvalue weighted by molar-refractivity contribution is -0.136. The molecule has 26 heavy (non-hydrogen) atoms. The van der Waals surface area contributed by atoms with Gasteiger partial charge in [-0.1, -0.05) is 25.7 Å². The highest BCUT2D eigenvalue weighted by Gasteiger charge is 2.40. The highest BCUT2D eigenvalue weighted by atomic mass is 19.1. The van der Waals surface area contributed by atoms with Gasteiger partial charge in [0.05, 0.1) is 0 Å². The minimum atomic E-state index is -0.655. The molecule has 0 bridgehead atoms. The first-order valence-corrected chi connectivity index (χ1v) is 9.51. The highest BCUT2D eigenvalue weighted by molar-refractivity contribution is 6.05. The van der Waals surface area contributed by atoms with Crippen molar-refractivity contribution < 1.29 is 18.8 Å². The number of benzene rings is 1. The van der Waals surface area contributed by atoms with Crippen molar-refractivity contribution >= 4 is 17.7 Å². The zero-order valence-electron chi connectivity index (χ0n) is 14.7. The molecule has 3 amide bonds. The number of fused-ring (bicyclic) bond motifs is 1. The van der Waals surface area contributed by atoms with Crippen LogP contribution in [-0.2, 0) is 16.1 Å². The highest BCUT2D eigenvalue weighted by Crippen LogP contribution is 2.39. The van der Waals surface area contributed by atoms with Crippen LogP contribution in [0.25, 0.3) is 0 Å². The molecule has 1 saturated heterocycles. The second kappa shape index (κ2) is 6.82. The van der Waals surface area contributed by atoms with E-state index in [4.69, 9.17) is 0 Å². The van der Waals surface area contributed by atoms with Crippen LogP contribution in [0.5, 0.6) is 0 Å². The van der Waals surface area contributed by atoms with E-state index >= 15 is 0 Å². The van der Waals surface area contributed by atoms with Gasteiger partial charge in [-0.3, -0.25) is 19.7 Å². The number of hydrogen-bond acceptors (Lipinski definition) is 3. The van der Waals surface area contributed by atoms with E-state index in [1.54, 1.807) is 6.07 Å². The number of piperidine rings is 1. The average molecular weight is 358 g/mol. The maximum absolute atomic E-state index is 14.3. The van der Waals surface area contributed by atoms with Crippen molar-refractivity contribution in [3.05, 3.63) is 34.6 Å². The van der Waals surface area contributed by atoms with E-state index in [1.807, 2.05) is 0 Å². The Balaban J connectivity index is 1.66. The molecule has 6 heteroatoms. The number of amides is 3. The lowest BCUT2D eigenvalue weighted by Crippen LogP contribution is -2.52. The van der Waals surface area contributed by atoms with E-state index < -0.39 is 11.9 Å². The smallest absolute Gasteiger partial charge is 0.255 e. The summed E-state index contributed by atoms with van der Waals surface area (Å²) in [6.07, 6.45) is 7.24. The Hall–Kier alpha value is -2.24. The van der Waals surface area contributed by atoms with E-state index in [0.717, 1.165) is 36.8 Å². The van der Waals surface area contributed by atoms with Gasteiger partial charge >= 0.3 is 0 Å². The van der Waals surface area contributed by atoms with Crippen molar-refractivity contribution in [3.8, 4) is 0 Å². The second-order valence-electron chi connectivity index (χ2n) is 7.61. The molecule has 1 atom stereocenters. The van der Waals surface area contributed by atoms with Crippen molar-refractivity contribution in [1.29, 1.82) is 0 Å². The first-order valence-electron chi connectivity index (χ1n) is 9.51. The van der Waals surface area contributed by atoms with Gasteiger partial charge in [0, 0.05) is 18.5 Å². The molecule has 1 aromatic rings. The third kappa shape index (κ3) is 3.02. The van der Waals surface area contributed by atoms with Crippen molar-refractivity contribution in [2.24, 2.45) is 0 Å². The number of hydrogen-bond donors (Lipinski definition) is 1. The SMILES string of the molecule is O=C1CCC(N2Cc3c(cc(F)cc3C3CCCCCC3)C2=O)C(=O)N1. The Morgan fingerprint density at radius 1 is 1.00 bits per heavy atom. The predicted molar refractivity (Wildman–Crippen MR) is 92.9 cm³/mol. The molecule has 4 rings (SSSR count). The number of carbonyl (C=O) groups is 3. The summed E-state index contributed by atoms with van der Waals surface area (Å²) in [4.78, 5) is 38.0. The van der Waals surface area contributed by atoms with Gasteiger partial charge in [-0.05, 0) is 48.4 Å². The molecular formula is C20H23FN2O3. The largest absolute Gasteiger partial charge is 0.322 e. The monoisotopic (exact) mass is 358 g/mol. The molecule has 1 aromatic carbocycles. The molecule has 2 fully saturated rings. The summed E-state index contributed by atoms with van der Waals surface area (Å²) in [5, 5.41) is 2.31. The van der Waals surface area contributed by atoms with Crippen molar-refractivity contribution in [1.82, 2.24) is 10.2 Å². The first-order chi connectivity index (χ1) is 12.5. The van der Waals surface area contributed by atoms with Crippen molar-refractivity contribution in [3.63, 3.8) is 0 Å². The number of halogens is 1. The van der Waals surface area contributed by atoms with Gasteiger partial charge in [0.2, 0.25) is 11.8 Å². The number of nitrogens with one attached hydrogen (secondary N) is 1. The third-order valence-corrected chi connectivity index (χ3v) is 5.95. The Bertz CT molecular complexity index is 769. The fourth-order valence-electron chi connectivity index (χ4n) is 4.61. The molecule has 138 valence electrons. The maximum atomic E-state index is 14.3. The Morgan fingerprint density at radius 3 is 2.42 bits per heavy atom. The van der Waals surface area contributed by atoms with E-state index in [-0.39, 0.29) is 30.0 Å². The minimum Gasteiger partial charge on any atom is -0.322 e. The molecule has 1 N–H and O–H groups in total. The Labute approximate surface area is 151 Å². The van der Waals surface area contributed by atoms with E-state index in [0.29, 0.717) is 18.5 Å². The van der Waals surface area contributed by atoms with Gasteiger partial charge in [-0.15, -0.1) is 0 Å². The van der Waals surface area contributed by atoms with Gasteiger partial charge in [-0.25, -0.2) is 4.39 Å². The van der Waals surface area contributed by atoms with Crippen LogP contribution < -0.4 is 5.32 Å². The lowest BCUT2D eigenvalue weighted by Gasteiger charge is -2.29. The summed E-state index contributed by atoms with van der Waals surface area (Å²) in [5.41, 5.74) is 2.19. The van der Waals surface area contributed by atoms with Crippen LogP contribution in [-0.4, -0.2) is 28.7 Å². The first kappa shape index (κ1) is 17.2. The normalized spacial score (nSPS) is 24.4. The fourth-order valence-corrected chi connectivity index (χ4v) is 4.61. The molecule has 2 heterocycles. The molecule has 3 aliphatic rings. The molecule has 5 nitrogen and oxygen atoms in total. The number of carbonyl (C=O) groups excluding carboxylic acids is 3. The lowest BCUT2D eigenvalue weighted by atomic mass is 9.87. The fraction of sp³-hybridized carbons (Fsp3) is 0.550. The van der Waals surface area contributed by atoms with Crippen molar-refractivity contribution in [2.75, 3.05) is 0 Å². The second-order valence-corrected chi connectivity index (χ2v) is 7.61. The van der Waals surface area contributed by atoms with Crippen LogP contribution in [0, 0.1) is 5.82 Å². The number of rotatable bonds is 2. The topological polar surface area (TPSA) is 66.5 Å². The van der Waals surface area contributed by atoms with Crippen molar-refractivity contribution in [2.45, 2.75) is 69.9 Å². The van der Waals surface area contributed by atoms with Crippen LogP contribution in [0.15, 0.2) is 12.1 Å². The summed E-state index contributed by atoms with van der Waals surface area (Å²) >= 11 is 0. The van der Waals surface area contributed by atoms with Gasteiger partial charge in [0.25, 0.3) is 5.91 Å². The Kier molecular flexibility index (Phi) is 4.51. The van der Waals surface area contributed by atoms with Crippen LogP contribution in [0.1, 0.15) is 78.8 Å². The molecule has 1 unspecified atom stereocenters. The minimum absolute atomic E-state index is 0.223. The van der Waals surface area contributed by atoms with Gasteiger partial charge < -0.3 is 4.90 Å². The van der Waals surface area contributed by atoms with Crippen LogP contribution in [0.4, 0.5) is 4.39 Å². The summed E-state index contributed by atoms with van der Waals surface area (Å²) < 4.78 is 14.3. The summed E-state index contributed by atoms with van der Waals surface area (Å²) in [6.45, 7) is 0.326. The summed E-state index contributed by atoms with van der Waals surface area (Å²) in [5.74, 6) is -1.15. The predicted octanol–water partition coefficient (Wildman–Crippen LogP) is 3.02. The van der Waals surface area contributed by atoms with Crippen LogP contribution in [0.3, 0.4) is 0 Å².